The molecule has 11 heteroatoms. The van der Waals surface area contributed by atoms with Crippen LogP contribution >= 0.6 is 0 Å². The highest BCUT2D eigenvalue weighted by Crippen LogP contribution is 2.30. The topological polar surface area (TPSA) is 119 Å². The SMILES string of the molecule is CCOc1ccccc1O[C@@H]1CCCN(c2cncc(NC(=O)C3CCN(c4ccc(C(=O)OC)cn4)C3)n2)C1. The van der Waals surface area contributed by atoms with Crippen molar-refractivity contribution in [1.82, 2.24) is 15.0 Å². The summed E-state index contributed by atoms with van der Waals surface area (Å²) in [6.07, 6.45) is 7.32. The highest BCUT2D eigenvalue weighted by atomic mass is 16.5. The Morgan fingerprint density at radius 3 is 2.58 bits per heavy atom. The molecule has 11 nitrogen and oxygen atoms in total. The van der Waals surface area contributed by atoms with Crippen LogP contribution < -0.4 is 24.6 Å². The summed E-state index contributed by atoms with van der Waals surface area (Å²) in [6.45, 7) is 5.24. The van der Waals surface area contributed by atoms with Crippen molar-refractivity contribution in [3.05, 3.63) is 60.6 Å². The molecule has 2 aliphatic rings. The van der Waals surface area contributed by atoms with Crippen molar-refractivity contribution < 1.29 is 23.8 Å². The number of nitrogens with one attached hydrogen (secondary N) is 1. The van der Waals surface area contributed by atoms with Crippen molar-refractivity contribution >= 4 is 29.3 Å². The molecule has 2 aromatic heterocycles. The summed E-state index contributed by atoms with van der Waals surface area (Å²) in [4.78, 5) is 42.3. The van der Waals surface area contributed by atoms with Crippen LogP contribution in [0.1, 0.15) is 36.5 Å². The van der Waals surface area contributed by atoms with Gasteiger partial charge in [0.2, 0.25) is 5.91 Å². The Balaban J connectivity index is 1.17. The maximum atomic E-state index is 13.1. The van der Waals surface area contributed by atoms with E-state index in [1.165, 1.54) is 13.3 Å². The quantitative estimate of drug-likeness (QED) is 0.399. The number of anilines is 3. The highest BCUT2D eigenvalue weighted by molar-refractivity contribution is 5.92. The lowest BCUT2D eigenvalue weighted by atomic mass is 10.1. The Labute approximate surface area is 233 Å². The zero-order valence-corrected chi connectivity index (χ0v) is 22.8. The maximum absolute atomic E-state index is 13.1. The number of hydrogen-bond acceptors (Lipinski definition) is 10. The smallest absolute Gasteiger partial charge is 0.339 e. The average Bonchev–Trinajstić information content (AvgIpc) is 3.49. The fraction of sp³-hybridized carbons (Fsp3) is 0.414. The molecule has 0 radical (unpaired) electrons. The second-order valence-corrected chi connectivity index (χ2v) is 9.79. The van der Waals surface area contributed by atoms with Crippen molar-refractivity contribution in [2.24, 2.45) is 5.92 Å². The number of nitrogens with zero attached hydrogens (tertiary/aromatic N) is 5. The molecular formula is C29H34N6O5. The van der Waals surface area contributed by atoms with Gasteiger partial charge in [0.1, 0.15) is 17.7 Å². The van der Waals surface area contributed by atoms with Crippen LogP contribution in [-0.4, -0.2) is 72.8 Å². The van der Waals surface area contributed by atoms with E-state index in [0.29, 0.717) is 49.9 Å². The molecule has 5 rings (SSSR count). The number of benzene rings is 1. The molecule has 2 saturated heterocycles. The zero-order valence-electron chi connectivity index (χ0n) is 22.8. The van der Waals surface area contributed by atoms with Gasteiger partial charge in [-0.15, -0.1) is 0 Å². The molecule has 2 atom stereocenters. The van der Waals surface area contributed by atoms with Crippen LogP contribution in [0.4, 0.5) is 17.5 Å². The van der Waals surface area contributed by atoms with Crippen molar-refractivity contribution in [3.63, 3.8) is 0 Å². The van der Waals surface area contributed by atoms with Crippen LogP contribution in [0.25, 0.3) is 0 Å². The fourth-order valence-corrected chi connectivity index (χ4v) is 5.03. The lowest BCUT2D eigenvalue weighted by molar-refractivity contribution is -0.119. The zero-order chi connectivity index (χ0) is 27.9. The monoisotopic (exact) mass is 546 g/mol. The number of esters is 1. The number of aromatic nitrogens is 3. The molecule has 0 bridgehead atoms. The van der Waals surface area contributed by atoms with E-state index >= 15 is 0 Å². The number of hydrogen-bond donors (Lipinski definition) is 1. The Morgan fingerprint density at radius 1 is 0.975 bits per heavy atom. The van der Waals surface area contributed by atoms with E-state index in [-0.39, 0.29) is 17.9 Å². The molecule has 40 heavy (non-hydrogen) atoms. The van der Waals surface area contributed by atoms with Gasteiger partial charge in [0.05, 0.1) is 44.1 Å². The van der Waals surface area contributed by atoms with Gasteiger partial charge in [-0.3, -0.25) is 9.78 Å². The van der Waals surface area contributed by atoms with Crippen molar-refractivity contribution in [2.75, 3.05) is 55.0 Å². The third-order valence-electron chi connectivity index (χ3n) is 7.07. The second-order valence-electron chi connectivity index (χ2n) is 9.79. The molecule has 0 aliphatic carbocycles. The molecular weight excluding hydrogens is 512 g/mol. The first-order chi connectivity index (χ1) is 19.5. The van der Waals surface area contributed by atoms with E-state index in [1.54, 1.807) is 24.5 Å². The molecule has 1 N–H and O–H groups in total. The molecule has 0 saturated carbocycles. The van der Waals surface area contributed by atoms with Crippen molar-refractivity contribution in [1.29, 1.82) is 0 Å². The third kappa shape index (κ3) is 6.41. The number of carbonyl (C=O) groups is 2. The van der Waals surface area contributed by atoms with Gasteiger partial charge in [0, 0.05) is 25.8 Å². The van der Waals surface area contributed by atoms with Gasteiger partial charge in [-0.05, 0) is 50.5 Å². The minimum absolute atomic E-state index is 0.0184. The highest BCUT2D eigenvalue weighted by Gasteiger charge is 2.30. The summed E-state index contributed by atoms with van der Waals surface area (Å²) in [6, 6.07) is 11.2. The van der Waals surface area contributed by atoms with Crippen molar-refractivity contribution in [3.8, 4) is 11.5 Å². The molecule has 4 heterocycles. The molecule has 2 aliphatic heterocycles. The van der Waals surface area contributed by atoms with Crippen molar-refractivity contribution in [2.45, 2.75) is 32.3 Å². The first kappa shape index (κ1) is 27.2. The van der Waals surface area contributed by atoms with Gasteiger partial charge in [-0.25, -0.2) is 14.8 Å². The number of methoxy groups -OCH3 is 1. The third-order valence-corrected chi connectivity index (χ3v) is 7.07. The van der Waals surface area contributed by atoms with Crippen LogP contribution in [0, 0.1) is 5.92 Å². The largest absolute Gasteiger partial charge is 0.490 e. The van der Waals surface area contributed by atoms with Crippen LogP contribution in [0.5, 0.6) is 11.5 Å². The van der Waals surface area contributed by atoms with Gasteiger partial charge in [0.15, 0.2) is 17.3 Å². The second kappa shape index (κ2) is 12.6. The predicted molar refractivity (Wildman–Crippen MR) is 150 cm³/mol. The Kier molecular flexibility index (Phi) is 8.58. The van der Waals surface area contributed by atoms with Gasteiger partial charge >= 0.3 is 5.97 Å². The molecule has 210 valence electrons. The van der Waals surface area contributed by atoms with Gasteiger partial charge in [-0.2, -0.15) is 0 Å². The normalized spacial score (nSPS) is 18.8. The van der Waals surface area contributed by atoms with E-state index < -0.39 is 5.97 Å². The van der Waals surface area contributed by atoms with E-state index in [9.17, 15) is 9.59 Å². The maximum Gasteiger partial charge on any atom is 0.339 e. The lowest BCUT2D eigenvalue weighted by Crippen LogP contribution is -2.41. The Bertz CT molecular complexity index is 1320. The van der Waals surface area contributed by atoms with Crippen LogP contribution in [-0.2, 0) is 9.53 Å². The Hall–Kier alpha value is -4.41. The van der Waals surface area contributed by atoms with Crippen LogP contribution in [0.3, 0.4) is 0 Å². The fourth-order valence-electron chi connectivity index (χ4n) is 5.03. The number of piperidine rings is 1. The number of ether oxygens (including phenoxy) is 3. The van der Waals surface area contributed by atoms with E-state index in [0.717, 1.165) is 36.7 Å². The first-order valence-corrected chi connectivity index (χ1v) is 13.6. The number of rotatable bonds is 9. The summed E-state index contributed by atoms with van der Waals surface area (Å²) < 4.78 is 16.7. The number of amides is 1. The van der Waals surface area contributed by atoms with Crippen LogP contribution in [0.15, 0.2) is 55.0 Å². The number of pyridine rings is 1. The van der Waals surface area contributed by atoms with E-state index in [1.807, 2.05) is 36.1 Å². The predicted octanol–water partition coefficient (Wildman–Crippen LogP) is 3.57. The molecule has 2 fully saturated rings. The minimum atomic E-state index is -0.430. The summed E-state index contributed by atoms with van der Waals surface area (Å²) in [5.74, 6) is 2.57. The Morgan fingerprint density at radius 2 is 1.80 bits per heavy atom. The summed E-state index contributed by atoms with van der Waals surface area (Å²) >= 11 is 0. The first-order valence-electron chi connectivity index (χ1n) is 13.6. The summed E-state index contributed by atoms with van der Waals surface area (Å²) in [5, 5.41) is 2.94. The molecule has 0 spiro atoms. The summed E-state index contributed by atoms with van der Waals surface area (Å²) in [7, 11) is 1.34. The summed E-state index contributed by atoms with van der Waals surface area (Å²) in [5.41, 5.74) is 0.389. The molecule has 1 amide bonds. The average molecular weight is 547 g/mol. The molecule has 3 aromatic rings. The van der Waals surface area contributed by atoms with Gasteiger partial charge in [-0.1, -0.05) is 12.1 Å². The molecule has 1 aromatic carbocycles. The number of para-hydroxylation sites is 2. The lowest BCUT2D eigenvalue weighted by Gasteiger charge is -2.33. The van der Waals surface area contributed by atoms with Gasteiger partial charge in [0.25, 0.3) is 0 Å². The molecule has 1 unspecified atom stereocenters. The standard InChI is InChI=1S/C29H34N6O5/c1-3-39-23-8-4-5-9-24(23)40-22-7-6-13-34(19-22)27-17-30-16-25(32-27)33-28(36)21-12-14-35(18-21)26-11-10-20(15-31-26)29(37)38-2/h4-5,8-11,15-17,21-22H,3,6-7,12-14,18-19H2,1-2H3,(H,32,33,36)/t21?,22-/m1/s1. The van der Waals surface area contributed by atoms with Crippen LogP contribution in [0.2, 0.25) is 0 Å². The minimum Gasteiger partial charge on any atom is -0.490 e. The van der Waals surface area contributed by atoms with Gasteiger partial charge < -0.3 is 29.3 Å². The van der Waals surface area contributed by atoms with E-state index in [2.05, 4.69) is 25.2 Å². The number of carbonyl (C=O) groups excluding carboxylic acids is 2. The van der Waals surface area contributed by atoms with E-state index in [4.69, 9.17) is 14.2 Å².